The molecular formula is C17H22N2O4. The Morgan fingerprint density at radius 2 is 1.91 bits per heavy atom. The van der Waals surface area contributed by atoms with Crippen LogP contribution < -0.4 is 0 Å². The summed E-state index contributed by atoms with van der Waals surface area (Å²) in [4.78, 5) is 38.9. The first-order chi connectivity index (χ1) is 10.9. The smallest absolute Gasteiger partial charge is 0.326 e. The molecule has 0 aliphatic carbocycles. The number of amides is 2. The maximum atomic E-state index is 12.5. The van der Waals surface area contributed by atoms with E-state index >= 15 is 0 Å². The molecule has 6 heteroatoms. The van der Waals surface area contributed by atoms with Gasteiger partial charge < -0.3 is 14.9 Å². The second-order valence-corrected chi connectivity index (χ2v) is 5.92. The van der Waals surface area contributed by atoms with Crippen molar-refractivity contribution in [1.29, 1.82) is 0 Å². The first kappa shape index (κ1) is 17.0. The van der Waals surface area contributed by atoms with E-state index < -0.39 is 12.0 Å². The molecule has 1 N–H and O–H groups in total. The van der Waals surface area contributed by atoms with Gasteiger partial charge in [-0.3, -0.25) is 9.59 Å². The zero-order chi connectivity index (χ0) is 17.0. The fourth-order valence-corrected chi connectivity index (χ4v) is 2.77. The van der Waals surface area contributed by atoms with Crippen LogP contribution in [0.25, 0.3) is 0 Å². The number of nitrogens with zero attached hydrogens (tertiary/aromatic N) is 2. The van der Waals surface area contributed by atoms with Gasteiger partial charge >= 0.3 is 5.97 Å². The van der Waals surface area contributed by atoms with Crippen LogP contribution in [0.4, 0.5) is 0 Å². The molecule has 0 saturated carbocycles. The van der Waals surface area contributed by atoms with E-state index in [0.29, 0.717) is 25.1 Å². The predicted octanol–water partition coefficient (Wildman–Crippen LogP) is 1.47. The number of piperidine rings is 1. The van der Waals surface area contributed by atoms with Gasteiger partial charge in [-0.25, -0.2) is 4.79 Å². The maximum Gasteiger partial charge on any atom is 0.326 e. The molecule has 1 fully saturated rings. The Bertz CT molecular complexity index is 588. The summed E-state index contributed by atoms with van der Waals surface area (Å²) in [6.07, 6.45) is 1.42. The van der Waals surface area contributed by atoms with Gasteiger partial charge in [0.1, 0.15) is 6.04 Å². The Morgan fingerprint density at radius 1 is 1.26 bits per heavy atom. The summed E-state index contributed by atoms with van der Waals surface area (Å²) in [5.41, 5.74) is 0.604. The number of likely N-dealkylation sites (tertiary alicyclic amines) is 1. The molecule has 1 aliphatic rings. The molecule has 0 aromatic heterocycles. The Morgan fingerprint density at radius 3 is 2.52 bits per heavy atom. The molecule has 1 aliphatic heterocycles. The monoisotopic (exact) mass is 318 g/mol. The molecule has 1 aromatic rings. The molecule has 0 spiro atoms. The lowest BCUT2D eigenvalue weighted by Crippen LogP contribution is -2.49. The van der Waals surface area contributed by atoms with Crippen LogP contribution in [-0.2, 0) is 9.59 Å². The summed E-state index contributed by atoms with van der Waals surface area (Å²) in [5, 5.41) is 9.03. The van der Waals surface area contributed by atoms with Gasteiger partial charge in [0, 0.05) is 25.7 Å². The normalized spacial score (nSPS) is 19.0. The van der Waals surface area contributed by atoms with Crippen LogP contribution in [0.3, 0.4) is 0 Å². The minimum Gasteiger partial charge on any atom is -0.480 e. The number of rotatable bonds is 4. The minimum absolute atomic E-state index is 0.0861. The lowest BCUT2D eigenvalue weighted by atomic mass is 9.95. The molecular weight excluding hydrogens is 296 g/mol. The molecule has 0 bridgehead atoms. The molecule has 6 nitrogen and oxygen atoms in total. The van der Waals surface area contributed by atoms with Crippen molar-refractivity contribution in [2.75, 3.05) is 20.1 Å². The number of hydrogen-bond donors (Lipinski definition) is 1. The predicted molar refractivity (Wildman–Crippen MR) is 84.9 cm³/mol. The molecule has 124 valence electrons. The van der Waals surface area contributed by atoms with Crippen LogP contribution in [-0.4, -0.2) is 58.9 Å². The van der Waals surface area contributed by atoms with E-state index in [4.69, 9.17) is 5.11 Å². The lowest BCUT2D eigenvalue weighted by Gasteiger charge is -2.35. The van der Waals surface area contributed by atoms with Crippen molar-refractivity contribution >= 4 is 17.8 Å². The van der Waals surface area contributed by atoms with Crippen LogP contribution in [0, 0.1) is 5.92 Å². The van der Waals surface area contributed by atoms with Crippen LogP contribution >= 0.6 is 0 Å². The number of carbonyl (C=O) groups excluding carboxylic acids is 2. The summed E-state index contributed by atoms with van der Waals surface area (Å²) in [5.74, 6) is -1.68. The molecule has 23 heavy (non-hydrogen) atoms. The highest BCUT2D eigenvalue weighted by molar-refractivity contribution is 5.94. The second kappa shape index (κ2) is 7.26. The van der Waals surface area contributed by atoms with Gasteiger partial charge in [-0.1, -0.05) is 18.2 Å². The Kier molecular flexibility index (Phi) is 5.36. The van der Waals surface area contributed by atoms with Crippen LogP contribution in [0.15, 0.2) is 30.3 Å². The van der Waals surface area contributed by atoms with Crippen molar-refractivity contribution in [1.82, 2.24) is 9.80 Å². The molecule has 1 heterocycles. The van der Waals surface area contributed by atoms with E-state index in [0.717, 1.165) is 6.42 Å². The van der Waals surface area contributed by atoms with Gasteiger partial charge in [0.25, 0.3) is 5.91 Å². The second-order valence-electron chi connectivity index (χ2n) is 5.92. The van der Waals surface area contributed by atoms with Crippen molar-refractivity contribution in [3.8, 4) is 0 Å². The zero-order valence-electron chi connectivity index (χ0n) is 13.4. The van der Waals surface area contributed by atoms with Crippen LogP contribution in [0.2, 0.25) is 0 Å². The molecule has 1 saturated heterocycles. The van der Waals surface area contributed by atoms with E-state index in [9.17, 15) is 14.4 Å². The van der Waals surface area contributed by atoms with Crippen molar-refractivity contribution < 1.29 is 19.5 Å². The SMILES string of the molecule is CC(C(=O)O)N(C)C(=O)C1CCCN(C(=O)c2ccccc2)C1. The van der Waals surface area contributed by atoms with E-state index in [2.05, 4.69) is 0 Å². The number of likely N-dealkylation sites (N-methyl/N-ethyl adjacent to an activating group) is 1. The van der Waals surface area contributed by atoms with Gasteiger partial charge in [-0.15, -0.1) is 0 Å². The van der Waals surface area contributed by atoms with Crippen molar-refractivity contribution in [3.05, 3.63) is 35.9 Å². The summed E-state index contributed by atoms with van der Waals surface area (Å²) in [6, 6.07) is 8.10. The first-order valence-electron chi connectivity index (χ1n) is 7.75. The fraction of sp³-hybridized carbons (Fsp3) is 0.471. The third-order valence-electron chi connectivity index (χ3n) is 4.36. The number of benzene rings is 1. The molecule has 2 rings (SSSR count). The Hall–Kier alpha value is -2.37. The number of aliphatic carboxylic acids is 1. The van der Waals surface area contributed by atoms with Crippen LogP contribution in [0.5, 0.6) is 0 Å². The summed E-state index contributed by atoms with van der Waals surface area (Å²) in [7, 11) is 1.50. The van der Waals surface area contributed by atoms with Crippen molar-refractivity contribution in [2.24, 2.45) is 5.92 Å². The van der Waals surface area contributed by atoms with E-state index in [1.165, 1.54) is 18.9 Å². The van der Waals surface area contributed by atoms with E-state index in [-0.39, 0.29) is 17.7 Å². The summed E-state index contributed by atoms with van der Waals surface area (Å²) in [6.45, 7) is 2.44. The number of carboxylic acid groups (broad SMARTS) is 1. The largest absolute Gasteiger partial charge is 0.480 e. The third kappa shape index (κ3) is 3.88. The van der Waals surface area contributed by atoms with Gasteiger partial charge in [-0.05, 0) is 31.9 Å². The van der Waals surface area contributed by atoms with E-state index in [1.54, 1.807) is 17.0 Å². The number of carbonyl (C=O) groups is 3. The number of hydrogen-bond acceptors (Lipinski definition) is 3. The van der Waals surface area contributed by atoms with Crippen molar-refractivity contribution in [2.45, 2.75) is 25.8 Å². The van der Waals surface area contributed by atoms with Crippen molar-refractivity contribution in [3.63, 3.8) is 0 Å². The molecule has 1 aromatic carbocycles. The third-order valence-corrected chi connectivity index (χ3v) is 4.36. The van der Waals surface area contributed by atoms with Gasteiger partial charge in [0.05, 0.1) is 5.92 Å². The lowest BCUT2D eigenvalue weighted by molar-refractivity contribution is -0.150. The standard InChI is InChI=1S/C17H22N2O4/c1-12(17(22)23)18(2)15(20)14-9-6-10-19(11-14)16(21)13-7-4-3-5-8-13/h3-5,7-8,12,14H,6,9-11H2,1-2H3,(H,22,23). The zero-order valence-corrected chi connectivity index (χ0v) is 13.4. The maximum absolute atomic E-state index is 12.5. The summed E-state index contributed by atoms with van der Waals surface area (Å²) < 4.78 is 0. The summed E-state index contributed by atoms with van der Waals surface area (Å²) >= 11 is 0. The molecule has 0 radical (unpaired) electrons. The first-order valence-corrected chi connectivity index (χ1v) is 7.75. The average Bonchev–Trinajstić information content (AvgIpc) is 2.59. The molecule has 2 unspecified atom stereocenters. The Balaban J connectivity index is 2.04. The average molecular weight is 318 g/mol. The van der Waals surface area contributed by atoms with Crippen LogP contribution in [0.1, 0.15) is 30.1 Å². The quantitative estimate of drug-likeness (QED) is 0.912. The van der Waals surface area contributed by atoms with E-state index in [1.807, 2.05) is 18.2 Å². The molecule has 2 amide bonds. The molecule has 2 atom stereocenters. The van der Waals surface area contributed by atoms with Gasteiger partial charge in [0.15, 0.2) is 0 Å². The highest BCUT2D eigenvalue weighted by Crippen LogP contribution is 2.21. The topological polar surface area (TPSA) is 77.9 Å². The minimum atomic E-state index is -1.03. The highest BCUT2D eigenvalue weighted by Gasteiger charge is 2.33. The Labute approximate surface area is 135 Å². The van der Waals surface area contributed by atoms with Gasteiger partial charge in [-0.2, -0.15) is 0 Å². The highest BCUT2D eigenvalue weighted by atomic mass is 16.4. The number of carboxylic acids is 1. The fourth-order valence-electron chi connectivity index (χ4n) is 2.77. The van der Waals surface area contributed by atoms with Gasteiger partial charge in [0.2, 0.25) is 5.91 Å².